The van der Waals surface area contributed by atoms with Gasteiger partial charge in [0.2, 0.25) is 5.82 Å². The first-order valence-corrected chi connectivity index (χ1v) is 14.9. The zero-order valence-electron chi connectivity index (χ0n) is 24.4. The van der Waals surface area contributed by atoms with E-state index < -0.39 is 11.1 Å². The molecule has 0 bridgehead atoms. The van der Waals surface area contributed by atoms with Gasteiger partial charge in [-0.25, -0.2) is 9.78 Å². The van der Waals surface area contributed by atoms with Crippen LogP contribution >= 0.6 is 11.6 Å². The number of carbonyl (C=O) groups excluding carboxylic acids is 1. The number of esters is 1. The second-order valence-electron chi connectivity index (χ2n) is 10.4. The average molecular weight is 610 g/mol. The molecule has 0 aliphatic heterocycles. The number of carbonyl (C=O) groups is 1. The van der Waals surface area contributed by atoms with E-state index in [4.69, 9.17) is 16.3 Å². The van der Waals surface area contributed by atoms with Crippen molar-refractivity contribution in [2.24, 2.45) is 5.92 Å². The van der Waals surface area contributed by atoms with Crippen molar-refractivity contribution in [3.8, 4) is 22.5 Å². The first-order valence-electron chi connectivity index (χ1n) is 14.5. The van der Waals surface area contributed by atoms with E-state index >= 15 is 0 Å². The maximum absolute atomic E-state index is 13.2. The van der Waals surface area contributed by atoms with Crippen molar-refractivity contribution in [1.82, 2.24) is 30.2 Å². The van der Waals surface area contributed by atoms with Crippen molar-refractivity contribution < 1.29 is 19.5 Å². The molecule has 0 saturated carbocycles. The standard InChI is InChI=1S/C30H36ClN7O5/c1-3-4-13-26-32-28(31)27(30(39)42-18-9-5-6-10-21(2)20-43-38(40)41)37(26)19-22-14-16-23(17-15-22)24-11-7-8-12-25(24)29-33-35-36-34-29/h7-8,11-12,14-17,21H,3-6,9-10,13,18-20H2,1-2H3,(H,33,34,35,36)/t21-/m1/s1. The summed E-state index contributed by atoms with van der Waals surface area (Å²) in [5.41, 5.74) is 4.09. The van der Waals surface area contributed by atoms with Gasteiger partial charge in [-0.05, 0) is 47.1 Å². The van der Waals surface area contributed by atoms with Crippen LogP contribution in [-0.4, -0.2) is 54.4 Å². The smallest absolute Gasteiger partial charge is 0.358 e. The Kier molecular flexibility index (Phi) is 11.6. The second-order valence-corrected chi connectivity index (χ2v) is 10.8. The van der Waals surface area contributed by atoms with Gasteiger partial charge < -0.3 is 14.1 Å². The molecule has 13 heteroatoms. The van der Waals surface area contributed by atoms with Crippen molar-refractivity contribution in [2.45, 2.75) is 65.3 Å². The molecule has 4 rings (SSSR count). The van der Waals surface area contributed by atoms with Crippen molar-refractivity contribution in [3.63, 3.8) is 0 Å². The predicted octanol–water partition coefficient (Wildman–Crippen LogP) is 6.34. The Hall–Kier alpha value is -4.32. The Bertz CT molecular complexity index is 1470. The van der Waals surface area contributed by atoms with Gasteiger partial charge in [0.15, 0.2) is 10.8 Å². The molecule has 12 nitrogen and oxygen atoms in total. The quantitative estimate of drug-likeness (QED) is 0.0626. The molecule has 0 aliphatic rings. The number of rotatable bonds is 17. The summed E-state index contributed by atoms with van der Waals surface area (Å²) in [7, 11) is 0. The Balaban J connectivity index is 1.41. The Morgan fingerprint density at radius 2 is 1.86 bits per heavy atom. The van der Waals surface area contributed by atoms with Crippen LogP contribution in [-0.2, 0) is 22.5 Å². The van der Waals surface area contributed by atoms with E-state index in [0.29, 0.717) is 25.2 Å². The van der Waals surface area contributed by atoms with E-state index in [1.807, 2.05) is 60.0 Å². The highest BCUT2D eigenvalue weighted by molar-refractivity contribution is 6.32. The van der Waals surface area contributed by atoms with Crippen molar-refractivity contribution in [2.75, 3.05) is 13.2 Å². The molecule has 0 unspecified atom stereocenters. The summed E-state index contributed by atoms with van der Waals surface area (Å²) >= 11 is 6.50. The minimum absolute atomic E-state index is 0.0805. The molecule has 2 heterocycles. The number of hydrogen-bond acceptors (Lipinski definition) is 9. The second kappa shape index (κ2) is 15.8. The summed E-state index contributed by atoms with van der Waals surface area (Å²) in [6.07, 6.45) is 5.74. The minimum Gasteiger partial charge on any atom is -0.461 e. The summed E-state index contributed by atoms with van der Waals surface area (Å²) in [5, 5.41) is 24.1. The van der Waals surface area contributed by atoms with Gasteiger partial charge in [-0.2, -0.15) is 5.21 Å². The molecule has 0 fully saturated rings. The third-order valence-corrected chi connectivity index (χ3v) is 7.37. The van der Waals surface area contributed by atoms with Crippen LogP contribution in [0.5, 0.6) is 0 Å². The number of imidazole rings is 1. The lowest BCUT2D eigenvalue weighted by Gasteiger charge is -2.13. The maximum Gasteiger partial charge on any atom is 0.358 e. The zero-order valence-corrected chi connectivity index (χ0v) is 25.1. The molecule has 0 radical (unpaired) electrons. The molecule has 0 amide bonds. The highest BCUT2D eigenvalue weighted by atomic mass is 35.5. The van der Waals surface area contributed by atoms with Gasteiger partial charge in [-0.1, -0.05) is 93.2 Å². The number of benzene rings is 2. The van der Waals surface area contributed by atoms with E-state index in [0.717, 1.165) is 60.2 Å². The summed E-state index contributed by atoms with van der Waals surface area (Å²) in [4.78, 5) is 32.5. The highest BCUT2D eigenvalue weighted by Gasteiger charge is 2.23. The third-order valence-electron chi connectivity index (χ3n) is 7.11. The van der Waals surface area contributed by atoms with Crippen LogP contribution in [0, 0.1) is 16.0 Å². The molecule has 0 aliphatic carbocycles. The average Bonchev–Trinajstić information content (AvgIpc) is 3.65. The van der Waals surface area contributed by atoms with Crippen LogP contribution in [0.2, 0.25) is 5.15 Å². The lowest BCUT2D eigenvalue weighted by Crippen LogP contribution is -2.16. The number of nitrogens with zero attached hydrogens (tertiary/aromatic N) is 6. The number of hydrogen-bond donors (Lipinski definition) is 1. The summed E-state index contributed by atoms with van der Waals surface area (Å²) in [5.74, 6) is 0.847. The van der Waals surface area contributed by atoms with E-state index in [1.54, 1.807) is 0 Å². The fraction of sp³-hybridized carbons (Fsp3) is 0.433. The zero-order chi connectivity index (χ0) is 30.6. The van der Waals surface area contributed by atoms with Crippen LogP contribution in [0.15, 0.2) is 48.5 Å². The Morgan fingerprint density at radius 3 is 2.56 bits per heavy atom. The number of tetrazole rings is 1. The van der Waals surface area contributed by atoms with Crippen LogP contribution in [0.25, 0.3) is 22.5 Å². The molecule has 0 saturated heterocycles. The van der Waals surface area contributed by atoms with Gasteiger partial charge >= 0.3 is 5.97 Å². The van der Waals surface area contributed by atoms with Gasteiger partial charge in [0.05, 0.1) is 13.2 Å². The molecule has 2 aromatic carbocycles. The van der Waals surface area contributed by atoms with Gasteiger partial charge in [0.1, 0.15) is 5.82 Å². The molecule has 0 spiro atoms. The predicted molar refractivity (Wildman–Crippen MR) is 161 cm³/mol. The monoisotopic (exact) mass is 609 g/mol. The van der Waals surface area contributed by atoms with Crippen LogP contribution in [0.1, 0.15) is 74.2 Å². The Morgan fingerprint density at radius 1 is 1.09 bits per heavy atom. The number of nitrogens with one attached hydrogen (secondary N) is 1. The van der Waals surface area contributed by atoms with E-state index in [2.05, 4.69) is 37.4 Å². The van der Waals surface area contributed by atoms with Crippen LogP contribution in [0.4, 0.5) is 0 Å². The van der Waals surface area contributed by atoms with E-state index in [1.165, 1.54) is 0 Å². The third kappa shape index (κ3) is 8.84. The molecule has 1 atom stereocenters. The van der Waals surface area contributed by atoms with Gasteiger partial charge in [-0.3, -0.25) is 0 Å². The first kappa shape index (κ1) is 31.6. The summed E-state index contributed by atoms with van der Waals surface area (Å²) in [6.45, 7) is 4.76. The molecule has 4 aromatic rings. The summed E-state index contributed by atoms with van der Waals surface area (Å²) in [6, 6.07) is 16.0. The van der Waals surface area contributed by atoms with E-state index in [9.17, 15) is 14.9 Å². The van der Waals surface area contributed by atoms with Crippen LogP contribution < -0.4 is 0 Å². The topological polar surface area (TPSA) is 151 Å². The van der Waals surface area contributed by atoms with Crippen molar-refractivity contribution in [1.29, 1.82) is 0 Å². The van der Waals surface area contributed by atoms with Crippen LogP contribution in [0.3, 0.4) is 0 Å². The minimum atomic E-state index is -0.770. The molecule has 228 valence electrons. The maximum atomic E-state index is 13.2. The number of halogens is 1. The highest BCUT2D eigenvalue weighted by Crippen LogP contribution is 2.30. The Labute approximate surface area is 254 Å². The number of ether oxygens (including phenoxy) is 1. The number of H-pyrrole nitrogens is 1. The van der Waals surface area contributed by atoms with Gasteiger partial charge in [0.25, 0.3) is 5.09 Å². The number of aryl methyl sites for hydroxylation is 1. The fourth-order valence-corrected chi connectivity index (χ4v) is 5.09. The fourth-order valence-electron chi connectivity index (χ4n) is 4.81. The van der Waals surface area contributed by atoms with E-state index in [-0.39, 0.29) is 30.0 Å². The first-order chi connectivity index (χ1) is 20.9. The number of aromatic nitrogens is 6. The molecular formula is C30H36ClN7O5. The number of aromatic amines is 1. The largest absolute Gasteiger partial charge is 0.461 e. The molecular weight excluding hydrogens is 574 g/mol. The number of unbranched alkanes of at least 4 members (excludes halogenated alkanes) is 3. The van der Waals surface area contributed by atoms with Crippen molar-refractivity contribution in [3.05, 3.63) is 80.9 Å². The lowest BCUT2D eigenvalue weighted by atomic mass is 9.98. The van der Waals surface area contributed by atoms with Gasteiger partial charge in [-0.15, -0.1) is 20.3 Å². The molecule has 2 aromatic heterocycles. The van der Waals surface area contributed by atoms with Gasteiger partial charge in [0, 0.05) is 18.5 Å². The lowest BCUT2D eigenvalue weighted by molar-refractivity contribution is -0.759. The summed E-state index contributed by atoms with van der Waals surface area (Å²) < 4.78 is 7.46. The molecule has 1 N–H and O–H groups in total. The normalized spacial score (nSPS) is 11.8. The SMILES string of the molecule is CCCCc1nc(Cl)c(C(=O)OCCCCC[C@@H](C)CO[N+](=O)[O-])n1Cc1ccc(-c2ccccc2-c2nn[nH]n2)cc1. The molecule has 43 heavy (non-hydrogen) atoms. The van der Waals surface area contributed by atoms with Crippen molar-refractivity contribution >= 4 is 17.6 Å².